The molecule has 27 heavy (non-hydrogen) atoms. The molecule has 1 aromatic heterocycles. The van der Waals surface area contributed by atoms with E-state index in [0.29, 0.717) is 49.4 Å². The predicted octanol–water partition coefficient (Wildman–Crippen LogP) is 1.38. The number of rotatable bonds is 5. The van der Waals surface area contributed by atoms with Gasteiger partial charge in [0.15, 0.2) is 11.4 Å². The Labute approximate surface area is 154 Å². The van der Waals surface area contributed by atoms with Crippen molar-refractivity contribution in [1.82, 2.24) is 14.8 Å². The second kappa shape index (κ2) is 8.07. The molecule has 2 amide bonds. The van der Waals surface area contributed by atoms with Gasteiger partial charge in [-0.3, -0.25) is 14.6 Å². The van der Waals surface area contributed by atoms with Gasteiger partial charge >= 0.3 is 11.8 Å². The number of piperazine rings is 1. The third-order valence-corrected chi connectivity index (χ3v) is 4.47. The zero-order valence-electron chi connectivity index (χ0n) is 15.0. The van der Waals surface area contributed by atoms with Crippen LogP contribution in [-0.4, -0.2) is 65.4 Å². The first-order chi connectivity index (χ1) is 13.0. The quantitative estimate of drug-likeness (QED) is 0.790. The summed E-state index contributed by atoms with van der Waals surface area (Å²) in [6, 6.07) is 4.70. The smallest absolute Gasteiger partial charge is 0.417 e. The highest BCUT2D eigenvalue weighted by atomic mass is 16.6. The van der Waals surface area contributed by atoms with E-state index in [1.165, 1.54) is 6.07 Å². The first kappa shape index (κ1) is 18.7. The average molecular weight is 375 g/mol. The molecule has 0 bridgehead atoms. The van der Waals surface area contributed by atoms with Crippen LogP contribution in [0.2, 0.25) is 0 Å². The van der Waals surface area contributed by atoms with Crippen molar-refractivity contribution in [2.45, 2.75) is 19.8 Å². The molecule has 144 valence electrons. The fraction of sp³-hybridized carbons (Fsp3) is 0.444. The topological polar surface area (TPSA) is 113 Å². The molecule has 1 aliphatic heterocycles. The van der Waals surface area contributed by atoms with Gasteiger partial charge in [-0.1, -0.05) is 0 Å². The molecule has 1 aliphatic rings. The van der Waals surface area contributed by atoms with Gasteiger partial charge in [-0.15, -0.1) is 0 Å². The summed E-state index contributed by atoms with van der Waals surface area (Å²) >= 11 is 0. The van der Waals surface area contributed by atoms with Crippen LogP contribution in [0.4, 0.5) is 4.79 Å². The summed E-state index contributed by atoms with van der Waals surface area (Å²) in [4.78, 5) is 53.2. The first-order valence-electron chi connectivity index (χ1n) is 8.83. The summed E-state index contributed by atoms with van der Waals surface area (Å²) in [7, 11) is 0. The minimum atomic E-state index is -0.577. The van der Waals surface area contributed by atoms with E-state index in [1.54, 1.807) is 28.9 Å². The number of oxazole rings is 1. The molecule has 0 unspecified atom stereocenters. The number of fused-ring (bicyclic) bond motifs is 1. The summed E-state index contributed by atoms with van der Waals surface area (Å²) in [5.41, 5.74) is 1.23. The molecule has 0 aliphatic carbocycles. The fourth-order valence-corrected chi connectivity index (χ4v) is 2.99. The predicted molar refractivity (Wildman–Crippen MR) is 95.6 cm³/mol. The van der Waals surface area contributed by atoms with E-state index in [2.05, 4.69) is 4.98 Å². The fourth-order valence-electron chi connectivity index (χ4n) is 2.99. The number of carbonyl (C=O) groups is 3. The highest BCUT2D eigenvalue weighted by Crippen LogP contribution is 2.15. The van der Waals surface area contributed by atoms with Crippen LogP contribution in [0.1, 0.15) is 30.1 Å². The molecule has 3 rings (SSSR count). The summed E-state index contributed by atoms with van der Waals surface area (Å²) < 4.78 is 9.89. The molecule has 1 N–H and O–H groups in total. The zero-order valence-corrected chi connectivity index (χ0v) is 15.0. The van der Waals surface area contributed by atoms with Gasteiger partial charge in [0.25, 0.3) is 0 Å². The van der Waals surface area contributed by atoms with Crippen molar-refractivity contribution < 1.29 is 23.5 Å². The Hall–Kier alpha value is -3.10. The van der Waals surface area contributed by atoms with E-state index in [4.69, 9.17) is 9.15 Å². The Kier molecular flexibility index (Phi) is 5.58. The largest absolute Gasteiger partial charge is 0.450 e. The van der Waals surface area contributed by atoms with Crippen LogP contribution in [-0.2, 0) is 9.53 Å². The number of Topliss-reactive ketones (excluding diaryl/α,β-unsaturated/α-hetero) is 1. The number of aromatic nitrogens is 1. The van der Waals surface area contributed by atoms with Crippen molar-refractivity contribution in [2.75, 3.05) is 32.8 Å². The molecular weight excluding hydrogens is 354 g/mol. The number of benzene rings is 1. The molecule has 0 radical (unpaired) electrons. The van der Waals surface area contributed by atoms with E-state index < -0.39 is 5.76 Å². The highest BCUT2D eigenvalue weighted by molar-refractivity contribution is 6.00. The number of amides is 2. The normalized spacial score (nSPS) is 14.4. The number of hydrogen-bond acceptors (Lipinski definition) is 6. The van der Waals surface area contributed by atoms with Gasteiger partial charge in [-0.25, -0.2) is 9.59 Å². The van der Waals surface area contributed by atoms with Crippen LogP contribution >= 0.6 is 0 Å². The third kappa shape index (κ3) is 4.36. The molecule has 1 saturated heterocycles. The van der Waals surface area contributed by atoms with Crippen LogP contribution in [0.5, 0.6) is 0 Å². The van der Waals surface area contributed by atoms with Gasteiger partial charge in [0, 0.05) is 44.6 Å². The summed E-state index contributed by atoms with van der Waals surface area (Å²) in [5.74, 6) is -0.896. The number of aromatic amines is 1. The third-order valence-electron chi connectivity index (χ3n) is 4.47. The first-order valence-corrected chi connectivity index (χ1v) is 8.83. The van der Waals surface area contributed by atoms with Crippen molar-refractivity contribution >= 4 is 28.9 Å². The van der Waals surface area contributed by atoms with Gasteiger partial charge < -0.3 is 19.0 Å². The Morgan fingerprint density at radius 3 is 2.52 bits per heavy atom. The molecule has 1 aromatic carbocycles. The summed E-state index contributed by atoms with van der Waals surface area (Å²) in [5, 5.41) is 0. The Bertz CT molecular complexity index is 907. The lowest BCUT2D eigenvalue weighted by Gasteiger charge is -2.34. The molecule has 2 heterocycles. The minimum Gasteiger partial charge on any atom is -0.450 e. The van der Waals surface area contributed by atoms with Crippen molar-refractivity contribution in [3.05, 3.63) is 34.3 Å². The summed E-state index contributed by atoms with van der Waals surface area (Å²) in [6.07, 6.45) is -0.212. The molecule has 0 spiro atoms. The SMILES string of the molecule is CCOC(=O)N1CCN(C(=O)CCC(=O)c2ccc3[nH]c(=O)oc3c2)CC1. The van der Waals surface area contributed by atoms with E-state index in [9.17, 15) is 19.2 Å². The Morgan fingerprint density at radius 2 is 1.81 bits per heavy atom. The number of ether oxygens (including phenoxy) is 1. The van der Waals surface area contributed by atoms with Gasteiger partial charge in [0.1, 0.15) is 0 Å². The average Bonchev–Trinajstić information content (AvgIpc) is 3.05. The number of carbonyl (C=O) groups excluding carboxylic acids is 3. The van der Waals surface area contributed by atoms with Crippen LogP contribution in [0.25, 0.3) is 11.1 Å². The number of nitrogens with one attached hydrogen (secondary N) is 1. The van der Waals surface area contributed by atoms with Gasteiger partial charge in [0.2, 0.25) is 5.91 Å². The lowest BCUT2D eigenvalue weighted by atomic mass is 10.1. The van der Waals surface area contributed by atoms with Crippen LogP contribution in [0.3, 0.4) is 0 Å². The van der Waals surface area contributed by atoms with Crippen LogP contribution in [0.15, 0.2) is 27.4 Å². The Morgan fingerprint density at radius 1 is 1.11 bits per heavy atom. The van der Waals surface area contributed by atoms with Crippen molar-refractivity contribution in [1.29, 1.82) is 0 Å². The van der Waals surface area contributed by atoms with Crippen molar-refractivity contribution in [3.8, 4) is 0 Å². The van der Waals surface area contributed by atoms with Gasteiger partial charge in [-0.2, -0.15) is 0 Å². The van der Waals surface area contributed by atoms with Crippen molar-refractivity contribution in [2.24, 2.45) is 0 Å². The van der Waals surface area contributed by atoms with Crippen LogP contribution < -0.4 is 5.76 Å². The molecule has 0 saturated carbocycles. The second-order valence-corrected chi connectivity index (χ2v) is 6.22. The summed E-state index contributed by atoms with van der Waals surface area (Å²) in [6.45, 7) is 3.75. The molecule has 1 fully saturated rings. The molecule has 2 aromatic rings. The van der Waals surface area contributed by atoms with E-state index in [-0.39, 0.29) is 30.6 Å². The monoisotopic (exact) mass is 375 g/mol. The zero-order chi connectivity index (χ0) is 19.4. The van der Waals surface area contributed by atoms with E-state index in [0.717, 1.165) is 0 Å². The molecular formula is C18H21N3O6. The van der Waals surface area contributed by atoms with Crippen molar-refractivity contribution in [3.63, 3.8) is 0 Å². The molecule has 0 atom stereocenters. The standard InChI is InChI=1S/C18H21N3O6/c1-2-26-18(25)21-9-7-20(8-10-21)16(23)6-5-14(22)12-3-4-13-15(11-12)27-17(24)19-13/h3-4,11H,2,5-10H2,1H3,(H,19,24). The lowest BCUT2D eigenvalue weighted by molar-refractivity contribution is -0.132. The number of nitrogens with zero attached hydrogens (tertiary/aromatic N) is 2. The number of hydrogen-bond donors (Lipinski definition) is 1. The van der Waals surface area contributed by atoms with Crippen LogP contribution in [0, 0.1) is 0 Å². The maximum Gasteiger partial charge on any atom is 0.417 e. The maximum absolute atomic E-state index is 12.3. The number of H-pyrrole nitrogens is 1. The minimum absolute atomic E-state index is 0.0666. The highest BCUT2D eigenvalue weighted by Gasteiger charge is 2.25. The number of ketones is 1. The van der Waals surface area contributed by atoms with Gasteiger partial charge in [-0.05, 0) is 25.1 Å². The van der Waals surface area contributed by atoms with E-state index in [1.807, 2.05) is 0 Å². The van der Waals surface area contributed by atoms with Gasteiger partial charge in [0.05, 0.1) is 12.1 Å². The second-order valence-electron chi connectivity index (χ2n) is 6.22. The molecule has 9 heteroatoms. The maximum atomic E-state index is 12.3. The van der Waals surface area contributed by atoms with E-state index >= 15 is 0 Å². The molecule has 9 nitrogen and oxygen atoms in total. The lowest BCUT2D eigenvalue weighted by Crippen LogP contribution is -2.50. The Balaban J connectivity index is 1.50.